The second kappa shape index (κ2) is 9.01. The Hall–Kier alpha value is -2.01. The summed E-state index contributed by atoms with van der Waals surface area (Å²) in [5, 5.41) is 10.4. The fourth-order valence-electron chi connectivity index (χ4n) is 3.40. The van der Waals surface area contributed by atoms with Crippen molar-refractivity contribution in [1.82, 2.24) is 9.21 Å². The second-order valence-electron chi connectivity index (χ2n) is 7.15. The van der Waals surface area contributed by atoms with Gasteiger partial charge < -0.3 is 5.11 Å². The average Bonchev–Trinajstić information content (AvgIpc) is 2.94. The smallest absolute Gasteiger partial charge is 0.387 e. The number of benzene rings is 2. The highest BCUT2D eigenvalue weighted by atomic mass is 32.2. The van der Waals surface area contributed by atoms with Crippen LogP contribution in [0, 0.1) is 5.82 Å². The van der Waals surface area contributed by atoms with Gasteiger partial charge in [0.25, 0.3) is 0 Å². The molecule has 2 aromatic rings. The van der Waals surface area contributed by atoms with E-state index in [9.17, 15) is 31.1 Å². The van der Waals surface area contributed by atoms with Crippen LogP contribution in [0.4, 0.5) is 17.6 Å². The molecule has 0 radical (unpaired) electrons. The van der Waals surface area contributed by atoms with Crippen molar-refractivity contribution in [3.63, 3.8) is 0 Å². The van der Waals surface area contributed by atoms with Gasteiger partial charge in [-0.2, -0.15) is 17.5 Å². The Morgan fingerprint density at radius 3 is 2.37 bits per heavy atom. The molecule has 30 heavy (non-hydrogen) atoms. The van der Waals surface area contributed by atoms with Crippen molar-refractivity contribution < 1.29 is 31.1 Å². The third-order valence-corrected chi connectivity index (χ3v) is 6.94. The van der Waals surface area contributed by atoms with Crippen LogP contribution in [0.2, 0.25) is 0 Å². The molecule has 1 aliphatic heterocycles. The zero-order chi connectivity index (χ0) is 21.9. The molecule has 1 atom stereocenters. The molecule has 5 nitrogen and oxygen atoms in total. The molecule has 164 valence electrons. The summed E-state index contributed by atoms with van der Waals surface area (Å²) in [6, 6.07) is 9.15. The van der Waals surface area contributed by atoms with Gasteiger partial charge in [0, 0.05) is 26.2 Å². The Bertz CT molecular complexity index is 965. The van der Waals surface area contributed by atoms with E-state index in [0.717, 1.165) is 24.3 Å². The molecule has 0 bridgehead atoms. The molecule has 1 unspecified atom stereocenters. The first-order valence-corrected chi connectivity index (χ1v) is 10.8. The van der Waals surface area contributed by atoms with Gasteiger partial charge in [-0.25, -0.2) is 12.8 Å². The van der Waals surface area contributed by atoms with Crippen LogP contribution >= 0.6 is 0 Å². The lowest BCUT2D eigenvalue weighted by molar-refractivity contribution is -0.137. The molecule has 0 spiro atoms. The van der Waals surface area contributed by atoms with E-state index in [-0.39, 0.29) is 30.1 Å². The highest BCUT2D eigenvalue weighted by Crippen LogP contribution is 2.31. The topological polar surface area (TPSA) is 60.9 Å². The molecule has 1 heterocycles. The van der Waals surface area contributed by atoms with Crippen LogP contribution in [-0.4, -0.2) is 55.5 Å². The van der Waals surface area contributed by atoms with Gasteiger partial charge in [-0.15, -0.1) is 0 Å². The van der Waals surface area contributed by atoms with Crippen molar-refractivity contribution in [2.75, 3.05) is 32.7 Å². The van der Waals surface area contributed by atoms with Gasteiger partial charge in [-0.1, -0.05) is 12.1 Å². The van der Waals surface area contributed by atoms with Crippen molar-refractivity contribution in [2.45, 2.75) is 23.6 Å². The van der Waals surface area contributed by atoms with Crippen molar-refractivity contribution >= 4 is 10.0 Å². The maximum absolute atomic E-state index is 13.1. The largest absolute Gasteiger partial charge is 0.416 e. The van der Waals surface area contributed by atoms with Crippen LogP contribution in [-0.2, 0) is 16.2 Å². The third-order valence-electron chi connectivity index (χ3n) is 5.03. The van der Waals surface area contributed by atoms with Crippen LogP contribution in [0.5, 0.6) is 0 Å². The number of halogens is 4. The molecule has 1 aliphatic rings. The Morgan fingerprint density at radius 2 is 1.70 bits per heavy atom. The quantitative estimate of drug-likeness (QED) is 0.717. The molecule has 0 aliphatic carbocycles. The van der Waals surface area contributed by atoms with Gasteiger partial charge >= 0.3 is 6.18 Å². The normalized spacial score (nSPS) is 18.2. The van der Waals surface area contributed by atoms with Gasteiger partial charge in [0.2, 0.25) is 10.0 Å². The molecule has 0 amide bonds. The number of rotatable bonds is 5. The molecule has 0 aromatic heterocycles. The van der Waals surface area contributed by atoms with E-state index in [1.807, 2.05) is 4.90 Å². The lowest BCUT2D eigenvalue weighted by Gasteiger charge is -2.24. The van der Waals surface area contributed by atoms with Crippen molar-refractivity contribution in [3.8, 4) is 0 Å². The molecular weight excluding hydrogens is 424 g/mol. The summed E-state index contributed by atoms with van der Waals surface area (Å²) >= 11 is 0. The zero-order valence-corrected chi connectivity index (χ0v) is 16.8. The standard InChI is InChI=1S/C20H22F4N2O3S/c21-17-5-7-18(8-6-17)30(28,29)26-10-2-9-25(11-12-26)14-19(27)15-3-1-4-16(13-15)20(22,23)24/h1,3-8,13,19,27H,2,9-12,14H2. The fraction of sp³-hybridized carbons (Fsp3) is 0.400. The number of aliphatic hydroxyl groups excluding tert-OH is 1. The molecular formula is C20H22F4N2O3S. The van der Waals surface area contributed by atoms with Gasteiger partial charge in [0.15, 0.2) is 0 Å². The highest BCUT2D eigenvalue weighted by molar-refractivity contribution is 7.89. The zero-order valence-electron chi connectivity index (χ0n) is 16.0. The Balaban J connectivity index is 1.65. The first kappa shape index (κ1) is 22.7. The van der Waals surface area contributed by atoms with Crippen LogP contribution < -0.4 is 0 Å². The van der Waals surface area contributed by atoms with Gasteiger partial charge in [-0.3, -0.25) is 4.90 Å². The summed E-state index contributed by atoms with van der Waals surface area (Å²) in [5.74, 6) is -0.528. The number of β-amino-alcohol motifs (C(OH)–C–C–N with tert-alkyl or cyclic N) is 1. The Kier molecular flexibility index (Phi) is 6.81. The van der Waals surface area contributed by atoms with E-state index in [0.29, 0.717) is 19.5 Å². The van der Waals surface area contributed by atoms with Crippen molar-refractivity contribution in [2.24, 2.45) is 0 Å². The fourth-order valence-corrected chi connectivity index (χ4v) is 4.87. The van der Waals surface area contributed by atoms with E-state index in [1.165, 1.54) is 28.6 Å². The summed E-state index contributed by atoms with van der Waals surface area (Å²) in [6.45, 7) is 1.32. The Morgan fingerprint density at radius 1 is 1.00 bits per heavy atom. The summed E-state index contributed by atoms with van der Waals surface area (Å²) in [7, 11) is -3.78. The minimum Gasteiger partial charge on any atom is -0.387 e. The lowest BCUT2D eigenvalue weighted by atomic mass is 10.1. The number of hydrogen-bond acceptors (Lipinski definition) is 4. The molecule has 3 rings (SSSR count). The first-order chi connectivity index (χ1) is 14.1. The Labute approximate surface area is 172 Å². The summed E-state index contributed by atoms with van der Waals surface area (Å²) in [6.07, 6.45) is -5.13. The second-order valence-corrected chi connectivity index (χ2v) is 9.09. The minimum atomic E-state index is -4.49. The van der Waals surface area contributed by atoms with Crippen LogP contribution in [0.1, 0.15) is 23.7 Å². The SMILES string of the molecule is O=S(=O)(c1ccc(F)cc1)N1CCCN(CC(O)c2cccc(C(F)(F)F)c2)CC1. The molecule has 0 saturated carbocycles. The summed E-state index contributed by atoms with van der Waals surface area (Å²) in [5.41, 5.74) is -0.670. The average molecular weight is 446 g/mol. The number of alkyl halides is 3. The van der Waals surface area contributed by atoms with Crippen molar-refractivity contribution in [3.05, 3.63) is 65.5 Å². The predicted molar refractivity (Wildman–Crippen MR) is 103 cm³/mol. The highest BCUT2D eigenvalue weighted by Gasteiger charge is 2.31. The van der Waals surface area contributed by atoms with E-state index in [4.69, 9.17) is 0 Å². The van der Waals surface area contributed by atoms with Gasteiger partial charge in [0.1, 0.15) is 5.82 Å². The number of nitrogens with zero attached hydrogens (tertiary/aromatic N) is 2. The van der Waals surface area contributed by atoms with Crippen molar-refractivity contribution in [1.29, 1.82) is 0 Å². The van der Waals surface area contributed by atoms with Gasteiger partial charge in [-0.05, 0) is 54.9 Å². The monoisotopic (exact) mass is 446 g/mol. The summed E-state index contributed by atoms with van der Waals surface area (Å²) < 4.78 is 78.6. The first-order valence-electron chi connectivity index (χ1n) is 9.40. The maximum atomic E-state index is 13.1. The van der Waals surface area contributed by atoms with Crippen LogP contribution in [0.25, 0.3) is 0 Å². The van der Waals surface area contributed by atoms with Gasteiger partial charge in [0.05, 0.1) is 16.6 Å². The van der Waals surface area contributed by atoms with Crippen LogP contribution in [0.3, 0.4) is 0 Å². The summed E-state index contributed by atoms with van der Waals surface area (Å²) in [4.78, 5) is 1.83. The predicted octanol–water partition coefficient (Wildman–Crippen LogP) is 3.27. The van der Waals surface area contributed by atoms with E-state index in [1.54, 1.807) is 0 Å². The third kappa shape index (κ3) is 5.37. The maximum Gasteiger partial charge on any atom is 0.416 e. The number of aliphatic hydroxyl groups is 1. The molecule has 1 saturated heterocycles. The number of hydrogen-bond donors (Lipinski definition) is 1. The van der Waals surface area contributed by atoms with E-state index >= 15 is 0 Å². The molecule has 1 fully saturated rings. The van der Waals surface area contributed by atoms with E-state index in [2.05, 4.69) is 0 Å². The minimum absolute atomic E-state index is 0.00125. The number of sulfonamides is 1. The van der Waals surface area contributed by atoms with E-state index < -0.39 is 33.7 Å². The molecule has 10 heteroatoms. The van der Waals surface area contributed by atoms with Crippen LogP contribution in [0.15, 0.2) is 53.4 Å². The molecule has 2 aromatic carbocycles. The molecule has 1 N–H and O–H groups in total. The lowest BCUT2D eigenvalue weighted by Crippen LogP contribution is -2.36.